The van der Waals surface area contributed by atoms with Crippen molar-refractivity contribution in [2.75, 3.05) is 6.61 Å². The molecule has 1 heterocycles. The number of aromatic nitrogens is 1. The van der Waals surface area contributed by atoms with E-state index in [1.807, 2.05) is 23.8 Å². The normalized spacial score (nSPS) is 9.67. The van der Waals surface area contributed by atoms with E-state index in [9.17, 15) is 4.79 Å². The number of carbonyl (C=O) groups excluding carboxylic acids is 1. The molecule has 15 heavy (non-hydrogen) atoms. The van der Waals surface area contributed by atoms with Gasteiger partial charge in [-0.05, 0) is 25.5 Å². The summed E-state index contributed by atoms with van der Waals surface area (Å²) in [5.41, 5.74) is 1.53. The van der Waals surface area contributed by atoms with E-state index in [2.05, 4.69) is 5.92 Å². The third-order valence-corrected chi connectivity index (χ3v) is 2.13. The molecule has 1 aromatic rings. The molecule has 0 aliphatic carbocycles. The molecule has 0 atom stereocenters. The van der Waals surface area contributed by atoms with Gasteiger partial charge < -0.3 is 9.30 Å². The average molecular weight is 205 g/mol. The summed E-state index contributed by atoms with van der Waals surface area (Å²) in [5, 5.41) is 0. The fourth-order valence-electron chi connectivity index (χ4n) is 1.43. The molecule has 1 rings (SSSR count). The molecule has 3 nitrogen and oxygen atoms in total. The summed E-state index contributed by atoms with van der Waals surface area (Å²) in [5.74, 6) is 2.27. The molecule has 0 N–H and O–H groups in total. The van der Waals surface area contributed by atoms with Crippen molar-refractivity contribution in [2.45, 2.75) is 26.8 Å². The maximum atomic E-state index is 11.6. The van der Waals surface area contributed by atoms with Gasteiger partial charge in [0.1, 0.15) is 5.69 Å². The van der Waals surface area contributed by atoms with Crippen LogP contribution in [0, 0.1) is 19.3 Å². The quantitative estimate of drug-likeness (QED) is 0.556. The number of terminal acetylenes is 1. The fourth-order valence-corrected chi connectivity index (χ4v) is 1.43. The lowest BCUT2D eigenvalue weighted by molar-refractivity contribution is 0.0513. The molecule has 3 heteroatoms. The van der Waals surface area contributed by atoms with Crippen LogP contribution >= 0.6 is 0 Å². The van der Waals surface area contributed by atoms with Crippen LogP contribution in [0.1, 0.15) is 29.4 Å². The summed E-state index contributed by atoms with van der Waals surface area (Å²) in [6.45, 7) is 4.72. The van der Waals surface area contributed by atoms with Gasteiger partial charge in [0.05, 0.1) is 6.61 Å². The van der Waals surface area contributed by atoms with E-state index >= 15 is 0 Å². The zero-order chi connectivity index (χ0) is 11.3. The van der Waals surface area contributed by atoms with Crippen molar-refractivity contribution in [3.63, 3.8) is 0 Å². The highest BCUT2D eigenvalue weighted by molar-refractivity contribution is 5.89. The lowest BCUT2D eigenvalue weighted by atomic mass is 10.2. The Bertz CT molecular complexity index is 385. The summed E-state index contributed by atoms with van der Waals surface area (Å²) < 4.78 is 6.82. The van der Waals surface area contributed by atoms with Crippen molar-refractivity contribution in [3.05, 3.63) is 23.5 Å². The van der Waals surface area contributed by atoms with Crippen LogP contribution in [0.3, 0.4) is 0 Å². The number of nitrogens with zero attached hydrogens (tertiary/aromatic N) is 1. The number of hydrogen-bond donors (Lipinski definition) is 0. The Labute approximate surface area is 90.0 Å². The number of aryl methyl sites for hydroxylation is 2. The molecular weight excluding hydrogens is 190 g/mol. The van der Waals surface area contributed by atoms with E-state index in [-0.39, 0.29) is 5.97 Å². The van der Waals surface area contributed by atoms with Crippen molar-refractivity contribution in [3.8, 4) is 12.3 Å². The van der Waals surface area contributed by atoms with Gasteiger partial charge in [-0.3, -0.25) is 0 Å². The average Bonchev–Trinajstić information content (AvgIpc) is 2.57. The van der Waals surface area contributed by atoms with Crippen molar-refractivity contribution in [1.29, 1.82) is 0 Å². The Hall–Kier alpha value is -1.69. The second kappa shape index (κ2) is 5.26. The summed E-state index contributed by atoms with van der Waals surface area (Å²) >= 11 is 0. The molecule has 0 saturated carbocycles. The highest BCUT2D eigenvalue weighted by Crippen LogP contribution is 2.12. The third-order valence-electron chi connectivity index (χ3n) is 2.13. The third kappa shape index (κ3) is 2.63. The number of esters is 1. The number of hydrogen-bond acceptors (Lipinski definition) is 2. The minimum absolute atomic E-state index is 0.281. The minimum atomic E-state index is -0.281. The molecule has 0 aliphatic heterocycles. The molecule has 0 spiro atoms. The molecule has 0 amide bonds. The summed E-state index contributed by atoms with van der Waals surface area (Å²) in [7, 11) is 0. The standard InChI is InChI=1S/C12H15NO2/c1-4-6-8-13-9-7-10(3)11(13)12(14)15-5-2/h1,7,9H,5-6,8H2,2-3H3. The van der Waals surface area contributed by atoms with Crippen LogP contribution in [0.2, 0.25) is 0 Å². The van der Waals surface area contributed by atoms with Gasteiger partial charge in [0, 0.05) is 19.2 Å². The van der Waals surface area contributed by atoms with Crippen LogP contribution in [0.5, 0.6) is 0 Å². The van der Waals surface area contributed by atoms with Crippen LogP contribution < -0.4 is 0 Å². The van der Waals surface area contributed by atoms with E-state index in [1.165, 1.54) is 0 Å². The first-order valence-corrected chi connectivity index (χ1v) is 4.97. The lowest BCUT2D eigenvalue weighted by Crippen LogP contribution is -2.13. The molecule has 0 aliphatic rings. The SMILES string of the molecule is C#CCCn1ccc(C)c1C(=O)OCC. The number of ether oxygens (including phenoxy) is 1. The molecule has 1 aromatic heterocycles. The molecule has 80 valence electrons. The van der Waals surface area contributed by atoms with E-state index in [0.717, 1.165) is 5.56 Å². The van der Waals surface area contributed by atoms with Gasteiger partial charge in [-0.2, -0.15) is 0 Å². The zero-order valence-electron chi connectivity index (χ0n) is 9.12. The topological polar surface area (TPSA) is 31.2 Å². The monoisotopic (exact) mass is 205 g/mol. The first-order valence-electron chi connectivity index (χ1n) is 4.97. The van der Waals surface area contributed by atoms with Gasteiger partial charge in [0.25, 0.3) is 0 Å². The Kier molecular flexibility index (Phi) is 3.99. The minimum Gasteiger partial charge on any atom is -0.461 e. The lowest BCUT2D eigenvalue weighted by Gasteiger charge is -2.07. The van der Waals surface area contributed by atoms with Crippen LogP contribution in [0.15, 0.2) is 12.3 Å². The second-order valence-corrected chi connectivity index (χ2v) is 3.22. The fraction of sp³-hybridized carbons (Fsp3) is 0.417. The molecule has 0 radical (unpaired) electrons. The Balaban J connectivity index is 2.89. The second-order valence-electron chi connectivity index (χ2n) is 3.22. The van der Waals surface area contributed by atoms with Gasteiger partial charge in [0.2, 0.25) is 0 Å². The Morgan fingerprint density at radius 3 is 3.00 bits per heavy atom. The van der Waals surface area contributed by atoms with Gasteiger partial charge in [-0.15, -0.1) is 12.3 Å². The first-order chi connectivity index (χ1) is 7.20. The van der Waals surface area contributed by atoms with Crippen LogP contribution in [-0.2, 0) is 11.3 Å². The summed E-state index contributed by atoms with van der Waals surface area (Å²) in [6, 6.07) is 1.89. The van der Waals surface area contributed by atoms with Crippen molar-refractivity contribution in [1.82, 2.24) is 4.57 Å². The molecular formula is C12H15NO2. The zero-order valence-corrected chi connectivity index (χ0v) is 9.12. The molecule has 0 aromatic carbocycles. The molecule has 0 bridgehead atoms. The van der Waals surface area contributed by atoms with Crippen LogP contribution in [0.25, 0.3) is 0 Å². The maximum Gasteiger partial charge on any atom is 0.355 e. The number of rotatable bonds is 4. The van der Waals surface area contributed by atoms with Crippen LogP contribution in [0.4, 0.5) is 0 Å². The van der Waals surface area contributed by atoms with Crippen molar-refractivity contribution >= 4 is 5.97 Å². The largest absolute Gasteiger partial charge is 0.461 e. The van der Waals surface area contributed by atoms with Gasteiger partial charge in [-0.1, -0.05) is 0 Å². The van der Waals surface area contributed by atoms with Gasteiger partial charge >= 0.3 is 5.97 Å². The summed E-state index contributed by atoms with van der Waals surface area (Å²) in [4.78, 5) is 11.6. The van der Waals surface area contributed by atoms with E-state index in [0.29, 0.717) is 25.3 Å². The van der Waals surface area contributed by atoms with Gasteiger partial charge in [-0.25, -0.2) is 4.79 Å². The maximum absolute atomic E-state index is 11.6. The molecule has 0 fully saturated rings. The first kappa shape index (κ1) is 11.4. The predicted molar refractivity (Wildman–Crippen MR) is 58.6 cm³/mol. The highest BCUT2D eigenvalue weighted by atomic mass is 16.5. The Morgan fingerprint density at radius 1 is 1.67 bits per heavy atom. The van der Waals surface area contributed by atoms with Gasteiger partial charge in [0.15, 0.2) is 0 Å². The van der Waals surface area contributed by atoms with E-state index in [4.69, 9.17) is 11.2 Å². The van der Waals surface area contributed by atoms with E-state index in [1.54, 1.807) is 6.92 Å². The van der Waals surface area contributed by atoms with Crippen LogP contribution in [-0.4, -0.2) is 17.1 Å². The van der Waals surface area contributed by atoms with E-state index < -0.39 is 0 Å². The molecule has 0 unspecified atom stereocenters. The van der Waals surface area contributed by atoms with Crippen molar-refractivity contribution < 1.29 is 9.53 Å². The predicted octanol–water partition coefficient (Wildman–Crippen LogP) is 2.00. The molecule has 0 saturated heterocycles. The highest BCUT2D eigenvalue weighted by Gasteiger charge is 2.14. The Morgan fingerprint density at radius 2 is 2.40 bits per heavy atom. The van der Waals surface area contributed by atoms with Crippen molar-refractivity contribution in [2.24, 2.45) is 0 Å². The summed E-state index contributed by atoms with van der Waals surface area (Å²) in [6.07, 6.45) is 7.66. The number of carbonyl (C=O) groups is 1. The smallest absolute Gasteiger partial charge is 0.355 e.